The van der Waals surface area contributed by atoms with Crippen molar-refractivity contribution in [3.63, 3.8) is 0 Å². The summed E-state index contributed by atoms with van der Waals surface area (Å²) in [5.41, 5.74) is 0. The summed E-state index contributed by atoms with van der Waals surface area (Å²) >= 11 is 0. The highest BCUT2D eigenvalue weighted by molar-refractivity contribution is 6.02. The van der Waals surface area contributed by atoms with Crippen molar-refractivity contribution in [3.8, 4) is 0 Å². The predicted molar refractivity (Wildman–Crippen MR) is 80.4 cm³/mol. The van der Waals surface area contributed by atoms with Crippen molar-refractivity contribution in [1.82, 2.24) is 4.90 Å². The van der Waals surface area contributed by atoms with Crippen molar-refractivity contribution in [2.75, 3.05) is 13.1 Å². The van der Waals surface area contributed by atoms with E-state index in [0.29, 0.717) is 0 Å². The van der Waals surface area contributed by atoms with E-state index >= 15 is 0 Å². The van der Waals surface area contributed by atoms with Gasteiger partial charge in [-0.25, -0.2) is 0 Å². The minimum Gasteiger partial charge on any atom is -0.342 e. The number of rotatable bonds is 6. The zero-order valence-electron chi connectivity index (χ0n) is 12.9. The number of nitrogens with zero attached hydrogens (tertiary/aromatic N) is 1. The van der Waals surface area contributed by atoms with Crippen molar-refractivity contribution in [1.29, 1.82) is 0 Å². The zero-order chi connectivity index (χ0) is 14.4. The van der Waals surface area contributed by atoms with Crippen LogP contribution in [0.5, 0.6) is 0 Å². The number of carbonyl (C=O) groups excluding carboxylic acids is 2. The van der Waals surface area contributed by atoms with Gasteiger partial charge in [0, 0.05) is 19.0 Å². The third-order valence-corrected chi connectivity index (χ3v) is 4.91. The fourth-order valence-electron chi connectivity index (χ4n) is 3.63. The lowest BCUT2D eigenvalue weighted by Gasteiger charge is -2.27. The van der Waals surface area contributed by atoms with E-state index < -0.39 is 0 Å². The summed E-state index contributed by atoms with van der Waals surface area (Å²) in [6.07, 6.45) is 10.6. The molecule has 1 saturated carbocycles. The highest BCUT2D eigenvalue weighted by atomic mass is 16.2. The molecule has 114 valence electrons. The minimum atomic E-state index is -0.337. The average Bonchev–Trinajstić information content (AvgIpc) is 3.02. The maximum Gasteiger partial charge on any atom is 0.233 e. The van der Waals surface area contributed by atoms with Crippen LogP contribution < -0.4 is 0 Å². The summed E-state index contributed by atoms with van der Waals surface area (Å²) in [6, 6.07) is 0. The number of hydrogen-bond donors (Lipinski definition) is 0. The summed E-state index contributed by atoms with van der Waals surface area (Å²) < 4.78 is 0. The van der Waals surface area contributed by atoms with Crippen molar-refractivity contribution in [2.24, 2.45) is 11.8 Å². The number of unbranched alkanes of at least 4 members (excludes halogenated alkanes) is 1. The molecule has 0 N–H and O–H groups in total. The summed E-state index contributed by atoms with van der Waals surface area (Å²) in [5, 5.41) is 0. The number of carbonyl (C=O) groups is 2. The zero-order valence-corrected chi connectivity index (χ0v) is 12.9. The van der Waals surface area contributed by atoms with Gasteiger partial charge in [0.25, 0.3) is 0 Å². The SMILES string of the molecule is CCCCC(C(=O)C1CCCCC1)C(=O)N1CCCC1. The fourth-order valence-corrected chi connectivity index (χ4v) is 3.63. The molecule has 2 fully saturated rings. The molecule has 1 aliphatic heterocycles. The first-order valence-corrected chi connectivity index (χ1v) is 8.56. The number of hydrogen-bond acceptors (Lipinski definition) is 2. The Labute approximate surface area is 123 Å². The van der Waals surface area contributed by atoms with Gasteiger partial charge in [-0.2, -0.15) is 0 Å². The second kappa shape index (κ2) is 7.80. The lowest BCUT2D eigenvalue weighted by atomic mass is 9.79. The van der Waals surface area contributed by atoms with Gasteiger partial charge in [-0.3, -0.25) is 9.59 Å². The average molecular weight is 279 g/mol. The molecule has 0 spiro atoms. The highest BCUT2D eigenvalue weighted by Crippen LogP contribution is 2.29. The van der Waals surface area contributed by atoms with E-state index in [9.17, 15) is 9.59 Å². The van der Waals surface area contributed by atoms with Crippen LogP contribution >= 0.6 is 0 Å². The Hall–Kier alpha value is -0.860. The molecular formula is C17H29NO2. The molecule has 3 nitrogen and oxygen atoms in total. The van der Waals surface area contributed by atoms with Gasteiger partial charge >= 0.3 is 0 Å². The molecule has 2 aliphatic rings. The molecule has 2 rings (SSSR count). The second-order valence-electron chi connectivity index (χ2n) is 6.46. The topological polar surface area (TPSA) is 37.4 Å². The molecule has 1 atom stereocenters. The molecule has 1 saturated heterocycles. The third-order valence-electron chi connectivity index (χ3n) is 4.91. The first-order valence-electron chi connectivity index (χ1n) is 8.56. The van der Waals surface area contributed by atoms with Crippen LogP contribution in [0.4, 0.5) is 0 Å². The number of Topliss-reactive ketones (excluding diaryl/α,β-unsaturated/α-hetero) is 1. The molecule has 0 radical (unpaired) electrons. The third kappa shape index (κ3) is 3.83. The maximum absolute atomic E-state index is 12.8. The Bertz CT molecular complexity index is 328. The first kappa shape index (κ1) is 15.5. The monoisotopic (exact) mass is 279 g/mol. The normalized spacial score (nSPS) is 21.9. The summed E-state index contributed by atoms with van der Waals surface area (Å²) in [4.78, 5) is 27.3. The number of ketones is 1. The molecule has 3 heteroatoms. The van der Waals surface area contributed by atoms with Crippen LogP contribution in [0.1, 0.15) is 71.1 Å². The van der Waals surface area contributed by atoms with E-state index in [1.165, 1.54) is 6.42 Å². The summed E-state index contributed by atoms with van der Waals surface area (Å²) in [5.74, 6) is 0.217. The molecule has 0 aromatic carbocycles. The smallest absolute Gasteiger partial charge is 0.233 e. The van der Waals surface area contributed by atoms with Crippen LogP contribution in [0.25, 0.3) is 0 Å². The van der Waals surface area contributed by atoms with Crippen molar-refractivity contribution < 1.29 is 9.59 Å². The molecule has 1 aliphatic carbocycles. The second-order valence-corrected chi connectivity index (χ2v) is 6.46. The standard InChI is InChI=1S/C17H29NO2/c1-2-3-11-15(17(20)18-12-7-8-13-18)16(19)14-9-5-4-6-10-14/h14-15H,2-13H2,1H3. The van der Waals surface area contributed by atoms with Gasteiger partial charge in [-0.1, -0.05) is 39.0 Å². The summed E-state index contributed by atoms with van der Waals surface area (Å²) in [6.45, 7) is 3.85. The fraction of sp³-hybridized carbons (Fsp3) is 0.882. The lowest BCUT2D eigenvalue weighted by molar-refractivity contribution is -0.143. The van der Waals surface area contributed by atoms with Crippen LogP contribution in [0.3, 0.4) is 0 Å². The van der Waals surface area contributed by atoms with E-state index in [1.54, 1.807) is 0 Å². The van der Waals surface area contributed by atoms with E-state index in [4.69, 9.17) is 0 Å². The Morgan fingerprint density at radius 2 is 1.70 bits per heavy atom. The molecule has 20 heavy (non-hydrogen) atoms. The Morgan fingerprint density at radius 1 is 1.05 bits per heavy atom. The molecule has 1 amide bonds. The minimum absolute atomic E-state index is 0.131. The van der Waals surface area contributed by atoms with Crippen LogP contribution in [0.15, 0.2) is 0 Å². The van der Waals surface area contributed by atoms with Crippen LogP contribution in [-0.2, 0) is 9.59 Å². The van der Waals surface area contributed by atoms with Gasteiger partial charge in [0.05, 0.1) is 5.92 Å². The molecule has 1 unspecified atom stereocenters. The largest absolute Gasteiger partial charge is 0.342 e. The molecule has 0 aromatic heterocycles. The lowest BCUT2D eigenvalue weighted by Crippen LogP contribution is -2.40. The Morgan fingerprint density at radius 3 is 2.30 bits per heavy atom. The molecule has 0 bridgehead atoms. The van der Waals surface area contributed by atoms with Gasteiger partial charge in [0.15, 0.2) is 0 Å². The van der Waals surface area contributed by atoms with Gasteiger partial charge < -0.3 is 4.90 Å². The Kier molecular flexibility index (Phi) is 6.06. The van der Waals surface area contributed by atoms with Gasteiger partial charge in [-0.15, -0.1) is 0 Å². The first-order chi connectivity index (χ1) is 9.74. The molecular weight excluding hydrogens is 250 g/mol. The van der Waals surface area contributed by atoms with Gasteiger partial charge in [-0.05, 0) is 32.1 Å². The summed E-state index contributed by atoms with van der Waals surface area (Å²) in [7, 11) is 0. The number of amides is 1. The quantitative estimate of drug-likeness (QED) is 0.697. The van der Waals surface area contributed by atoms with E-state index in [-0.39, 0.29) is 23.5 Å². The van der Waals surface area contributed by atoms with Crippen molar-refractivity contribution >= 4 is 11.7 Å². The molecule has 1 heterocycles. The molecule has 0 aromatic rings. The maximum atomic E-state index is 12.8. The van der Waals surface area contributed by atoms with Crippen molar-refractivity contribution in [2.45, 2.75) is 71.1 Å². The van der Waals surface area contributed by atoms with E-state index in [1.807, 2.05) is 4.90 Å². The van der Waals surface area contributed by atoms with E-state index in [0.717, 1.165) is 70.9 Å². The van der Waals surface area contributed by atoms with Gasteiger partial charge in [0.2, 0.25) is 5.91 Å². The highest BCUT2D eigenvalue weighted by Gasteiger charge is 2.35. The van der Waals surface area contributed by atoms with E-state index in [2.05, 4.69) is 6.92 Å². The van der Waals surface area contributed by atoms with Crippen molar-refractivity contribution in [3.05, 3.63) is 0 Å². The van der Waals surface area contributed by atoms with Crippen LogP contribution in [0.2, 0.25) is 0 Å². The Balaban J connectivity index is 2.00. The van der Waals surface area contributed by atoms with Crippen LogP contribution in [0, 0.1) is 11.8 Å². The van der Waals surface area contributed by atoms with Gasteiger partial charge in [0.1, 0.15) is 5.78 Å². The predicted octanol–water partition coefficient (Wildman–Crippen LogP) is 3.56. The van der Waals surface area contributed by atoms with Crippen LogP contribution in [-0.4, -0.2) is 29.7 Å². The number of likely N-dealkylation sites (tertiary alicyclic amines) is 1.